The molecular formula is C55H64F3N9O7. The van der Waals surface area contributed by atoms with Crippen molar-refractivity contribution in [1.82, 2.24) is 28.7 Å². The lowest BCUT2D eigenvalue weighted by atomic mass is 9.65. The first-order valence-corrected chi connectivity index (χ1v) is 24.7. The number of aliphatic hydroxyl groups is 1. The molecule has 3 heterocycles. The van der Waals surface area contributed by atoms with Gasteiger partial charge in [-0.2, -0.15) is 13.2 Å². The van der Waals surface area contributed by atoms with Crippen LogP contribution in [-0.4, -0.2) is 94.6 Å². The topological polar surface area (TPSA) is 180 Å². The van der Waals surface area contributed by atoms with E-state index in [9.17, 15) is 27.9 Å². The van der Waals surface area contributed by atoms with Crippen molar-refractivity contribution in [2.45, 2.75) is 89.1 Å². The molecule has 6 aromatic rings. The van der Waals surface area contributed by atoms with Gasteiger partial charge in [0.25, 0.3) is 16.7 Å². The number of hydrogen-bond acceptors (Lipinski definition) is 13. The van der Waals surface area contributed by atoms with Crippen LogP contribution in [0.4, 0.5) is 31.0 Å². The minimum Gasteiger partial charge on any atom is -0.497 e. The highest BCUT2D eigenvalue weighted by Gasteiger charge is 2.45. The maximum absolute atomic E-state index is 15.2. The Labute approximate surface area is 427 Å². The highest BCUT2D eigenvalue weighted by Crippen LogP contribution is 2.50. The number of ether oxygens (including phenoxy) is 3. The fourth-order valence-corrected chi connectivity index (χ4v) is 11.8. The van der Waals surface area contributed by atoms with Crippen LogP contribution in [0.2, 0.25) is 0 Å². The minimum atomic E-state index is -4.56. The molecule has 3 aromatic heterocycles. The van der Waals surface area contributed by atoms with Crippen molar-refractivity contribution in [3.8, 4) is 51.0 Å². The van der Waals surface area contributed by atoms with E-state index in [4.69, 9.17) is 29.2 Å². The monoisotopic (exact) mass is 1020 g/mol. The van der Waals surface area contributed by atoms with E-state index in [0.717, 1.165) is 32.4 Å². The minimum absolute atomic E-state index is 0.120. The van der Waals surface area contributed by atoms with Gasteiger partial charge in [-0.25, -0.2) is 15.0 Å². The largest absolute Gasteiger partial charge is 0.497 e. The van der Waals surface area contributed by atoms with Crippen molar-refractivity contribution < 1.29 is 32.5 Å². The average Bonchev–Trinajstić information content (AvgIpc) is 3.33. The van der Waals surface area contributed by atoms with E-state index in [1.165, 1.54) is 11.6 Å². The van der Waals surface area contributed by atoms with Crippen LogP contribution in [0.5, 0.6) is 17.2 Å². The molecule has 0 aliphatic heterocycles. The fraction of sp³-hybridized carbons (Fsp3) is 0.455. The van der Waals surface area contributed by atoms with Crippen molar-refractivity contribution in [2.24, 2.45) is 21.1 Å². The molecule has 74 heavy (non-hydrogen) atoms. The lowest BCUT2D eigenvalue weighted by Crippen LogP contribution is -2.43. The smallest absolute Gasteiger partial charge is 0.405 e. The molecular weight excluding hydrogens is 956 g/mol. The van der Waals surface area contributed by atoms with Gasteiger partial charge in [0.15, 0.2) is 0 Å². The Kier molecular flexibility index (Phi) is 13.0. The van der Waals surface area contributed by atoms with Gasteiger partial charge in [0, 0.05) is 79.8 Å². The lowest BCUT2D eigenvalue weighted by Gasteiger charge is -2.39. The summed E-state index contributed by atoms with van der Waals surface area (Å²) >= 11 is 0. The molecule has 0 spiro atoms. The zero-order chi connectivity index (χ0) is 53.6. The van der Waals surface area contributed by atoms with Gasteiger partial charge in [-0.3, -0.25) is 28.1 Å². The van der Waals surface area contributed by atoms with E-state index < -0.39 is 34.5 Å². The third-order valence-corrected chi connectivity index (χ3v) is 15.3. The summed E-state index contributed by atoms with van der Waals surface area (Å²) in [5.74, 6) is 2.31. The Morgan fingerprint density at radius 2 is 1.15 bits per heavy atom. The van der Waals surface area contributed by atoms with Crippen molar-refractivity contribution >= 4 is 17.8 Å². The SMILES string of the molecule is CCNc1nc2c(c(=O)n1C)C(C)(C)Cc1cc(OC)c(CC3(C)Cc4cc(OC)c(CC5(C)Cc6cc(OC)ccc6-c6nc(NCC(F)(F)F)n(C)c(=O)c65)cc4-c4nc(N(C)CCO)n(C)c(=O)c43)cc1-2. The predicted octanol–water partition coefficient (Wildman–Crippen LogP) is 6.78. The first kappa shape index (κ1) is 51.7. The second-order valence-corrected chi connectivity index (χ2v) is 21.2. The van der Waals surface area contributed by atoms with Gasteiger partial charge in [0.05, 0.1) is 56.1 Å². The molecule has 392 valence electrons. The number of rotatable bonds is 14. The van der Waals surface area contributed by atoms with E-state index in [0.29, 0.717) is 106 Å². The van der Waals surface area contributed by atoms with E-state index in [-0.39, 0.29) is 42.3 Å². The van der Waals surface area contributed by atoms with Gasteiger partial charge in [0.1, 0.15) is 23.8 Å². The van der Waals surface area contributed by atoms with Gasteiger partial charge < -0.3 is 34.9 Å². The number of nitrogens with zero attached hydrogens (tertiary/aromatic N) is 7. The van der Waals surface area contributed by atoms with E-state index in [1.54, 1.807) is 64.1 Å². The second-order valence-electron chi connectivity index (χ2n) is 21.2. The van der Waals surface area contributed by atoms with Crippen LogP contribution >= 0.6 is 0 Å². The number of aromatic nitrogens is 6. The number of nitrogens with one attached hydrogen (secondary N) is 2. The van der Waals surface area contributed by atoms with Crippen LogP contribution in [-0.2, 0) is 69.5 Å². The second kappa shape index (κ2) is 18.7. The molecule has 3 aliphatic carbocycles. The normalized spacial score (nSPS) is 18.0. The highest BCUT2D eigenvalue weighted by molar-refractivity contribution is 5.78. The molecule has 0 saturated carbocycles. The number of benzene rings is 3. The number of halogens is 3. The molecule has 0 radical (unpaired) electrons. The van der Waals surface area contributed by atoms with Gasteiger partial charge in [-0.05, 0) is 109 Å². The lowest BCUT2D eigenvalue weighted by molar-refractivity contribution is -0.115. The van der Waals surface area contributed by atoms with Gasteiger partial charge >= 0.3 is 6.18 Å². The predicted molar refractivity (Wildman–Crippen MR) is 280 cm³/mol. The summed E-state index contributed by atoms with van der Waals surface area (Å²) in [6.45, 7) is 9.26. The molecule has 16 nitrogen and oxygen atoms in total. The van der Waals surface area contributed by atoms with Crippen LogP contribution in [0.15, 0.2) is 56.8 Å². The van der Waals surface area contributed by atoms with E-state index in [2.05, 4.69) is 37.5 Å². The number of methoxy groups -OCH3 is 3. The maximum atomic E-state index is 15.2. The summed E-state index contributed by atoms with van der Waals surface area (Å²) in [7, 11) is 11.3. The zero-order valence-electron chi connectivity index (χ0n) is 44.1. The fourth-order valence-electron chi connectivity index (χ4n) is 11.8. The third-order valence-electron chi connectivity index (χ3n) is 15.3. The summed E-state index contributed by atoms with van der Waals surface area (Å²) in [4.78, 5) is 60.8. The van der Waals surface area contributed by atoms with Gasteiger partial charge in [0.2, 0.25) is 17.8 Å². The Morgan fingerprint density at radius 1 is 0.662 bits per heavy atom. The molecule has 3 aromatic carbocycles. The van der Waals surface area contributed by atoms with Crippen molar-refractivity contribution in [2.75, 3.05) is 70.2 Å². The summed E-state index contributed by atoms with van der Waals surface area (Å²) in [6, 6.07) is 13.4. The molecule has 19 heteroatoms. The highest BCUT2D eigenvalue weighted by atomic mass is 19.4. The first-order chi connectivity index (χ1) is 34.9. The number of likely N-dealkylation sites (N-methyl/N-ethyl adjacent to an activating group) is 1. The molecule has 3 aliphatic rings. The molecule has 0 amide bonds. The Balaban J connectivity index is 1.21. The number of fused-ring (bicyclic) bond motifs is 9. The molecule has 0 saturated heterocycles. The Bertz CT molecular complexity index is 3460. The number of alkyl halides is 3. The summed E-state index contributed by atoms with van der Waals surface area (Å²) < 4.78 is 62.7. The number of aliphatic hydroxyl groups excluding tert-OH is 1. The standard InChI is InChI=1S/C55H64F3N9O7/c1-13-59-49-62-44-36-19-32(38(73-11)21-30(36)23-52(2,3)40(44)46(69)65(49)7)27-54(5)25-31-22-39(74-12)33(20-37(31)45-42(54)48(71)67(9)51(63-45)64(6)16-17-68)26-53(4)24-29-18-34(72-10)14-15-35(29)43-41(53)47(70)66(8)50(61-43)60-28-55(56,57)58/h14-15,18-22,68H,13,16-17,23-28H2,1-12H3,(H,59,62)(H,60,61). The molecule has 0 fully saturated rings. The average molecular weight is 1020 g/mol. The molecule has 3 N–H and O–H groups in total. The van der Waals surface area contributed by atoms with Crippen molar-refractivity contribution in [3.05, 3.63) is 118 Å². The van der Waals surface area contributed by atoms with Crippen molar-refractivity contribution in [3.63, 3.8) is 0 Å². The van der Waals surface area contributed by atoms with E-state index in [1.807, 2.05) is 38.1 Å². The van der Waals surface area contributed by atoms with Crippen LogP contribution < -0.4 is 46.4 Å². The Hall–Kier alpha value is -7.15. The van der Waals surface area contributed by atoms with Crippen LogP contribution in [0.1, 0.15) is 79.1 Å². The van der Waals surface area contributed by atoms with Crippen LogP contribution in [0.3, 0.4) is 0 Å². The van der Waals surface area contributed by atoms with Gasteiger partial charge in [-0.1, -0.05) is 27.7 Å². The number of hydrogen-bond donors (Lipinski definition) is 3. The molecule has 2 atom stereocenters. The van der Waals surface area contributed by atoms with E-state index >= 15 is 4.79 Å². The molecule has 0 bridgehead atoms. The van der Waals surface area contributed by atoms with Crippen molar-refractivity contribution in [1.29, 1.82) is 0 Å². The Morgan fingerprint density at radius 3 is 1.66 bits per heavy atom. The van der Waals surface area contributed by atoms with Crippen LogP contribution in [0, 0.1) is 0 Å². The maximum Gasteiger partial charge on any atom is 0.405 e. The molecule has 2 unspecified atom stereocenters. The quantitative estimate of drug-likeness (QED) is 0.104. The summed E-state index contributed by atoms with van der Waals surface area (Å²) in [6.07, 6.45) is -2.74. The third kappa shape index (κ3) is 8.65. The zero-order valence-corrected chi connectivity index (χ0v) is 44.1. The van der Waals surface area contributed by atoms with Gasteiger partial charge in [-0.15, -0.1) is 0 Å². The van der Waals surface area contributed by atoms with Crippen LogP contribution in [0.25, 0.3) is 33.8 Å². The summed E-state index contributed by atoms with van der Waals surface area (Å²) in [5, 5.41) is 15.6. The number of anilines is 3. The first-order valence-electron chi connectivity index (χ1n) is 24.7. The summed E-state index contributed by atoms with van der Waals surface area (Å²) in [5.41, 5.74) is 5.69. The molecule has 9 rings (SSSR count).